The molecule has 0 fully saturated rings. The van der Waals surface area contributed by atoms with Crippen molar-refractivity contribution < 1.29 is 8.42 Å². The lowest BCUT2D eigenvalue weighted by Crippen LogP contribution is -2.10. The zero-order valence-corrected chi connectivity index (χ0v) is 9.96. The van der Waals surface area contributed by atoms with Gasteiger partial charge in [0.1, 0.15) is 0 Å². The predicted octanol–water partition coefficient (Wildman–Crippen LogP) is 2.67. The Morgan fingerprint density at radius 3 is 2.36 bits per heavy atom. The number of halogens is 2. The van der Waals surface area contributed by atoms with E-state index in [9.17, 15) is 8.42 Å². The fourth-order valence-electron chi connectivity index (χ4n) is 0.936. The van der Waals surface area contributed by atoms with E-state index < -0.39 is 10.0 Å². The van der Waals surface area contributed by atoms with Crippen LogP contribution in [-0.4, -0.2) is 14.7 Å². The summed E-state index contributed by atoms with van der Waals surface area (Å²) >= 11 is 11.7. The smallest absolute Gasteiger partial charge is 0.229 e. The van der Waals surface area contributed by atoms with Crippen LogP contribution in [0.15, 0.2) is 12.1 Å². The molecule has 0 saturated carbocycles. The summed E-state index contributed by atoms with van der Waals surface area (Å²) in [5.41, 5.74) is 0.998. The summed E-state index contributed by atoms with van der Waals surface area (Å²) in [6.07, 6.45) is 1.04. The molecule has 1 aromatic rings. The number of aryl methyl sites for hydroxylation is 1. The maximum Gasteiger partial charge on any atom is 0.229 e. The van der Waals surface area contributed by atoms with Gasteiger partial charge in [-0.1, -0.05) is 29.3 Å². The summed E-state index contributed by atoms with van der Waals surface area (Å²) in [7, 11) is -3.36. The van der Waals surface area contributed by atoms with E-state index in [1.807, 2.05) is 0 Å². The fraction of sp³-hybridized carbons (Fsp3) is 0.250. The van der Waals surface area contributed by atoms with Crippen LogP contribution in [0.1, 0.15) is 5.56 Å². The van der Waals surface area contributed by atoms with Crippen LogP contribution < -0.4 is 4.72 Å². The minimum Gasteiger partial charge on any atom is -0.281 e. The van der Waals surface area contributed by atoms with Crippen molar-refractivity contribution in [2.24, 2.45) is 0 Å². The Labute approximate surface area is 93.1 Å². The first kappa shape index (κ1) is 11.6. The zero-order valence-electron chi connectivity index (χ0n) is 7.64. The SMILES string of the molecule is Cc1ccc(Cl)c(NS(C)(=O)=O)c1Cl. The van der Waals surface area contributed by atoms with Crippen molar-refractivity contribution in [1.82, 2.24) is 0 Å². The third-order valence-electron chi connectivity index (χ3n) is 1.57. The standard InChI is InChI=1S/C8H9Cl2NO2S/c1-5-3-4-6(9)8(7(5)10)11-14(2,12)13/h3-4,11H,1-2H3. The molecule has 6 heteroatoms. The van der Waals surface area contributed by atoms with Crippen LogP contribution in [-0.2, 0) is 10.0 Å². The lowest BCUT2D eigenvalue weighted by Gasteiger charge is -2.09. The minimum atomic E-state index is -3.36. The molecule has 0 amide bonds. The van der Waals surface area contributed by atoms with Gasteiger partial charge in [0.2, 0.25) is 10.0 Å². The maximum atomic E-state index is 11.0. The Balaban J connectivity index is 3.27. The fourth-order valence-corrected chi connectivity index (χ4v) is 2.10. The van der Waals surface area contributed by atoms with E-state index in [0.717, 1.165) is 11.8 Å². The second-order valence-electron chi connectivity index (χ2n) is 2.93. The first-order chi connectivity index (χ1) is 6.31. The van der Waals surface area contributed by atoms with Crippen molar-refractivity contribution in [3.8, 4) is 0 Å². The number of hydrogen-bond donors (Lipinski definition) is 1. The normalized spacial score (nSPS) is 11.4. The number of sulfonamides is 1. The third kappa shape index (κ3) is 2.77. The number of nitrogens with one attached hydrogen (secondary N) is 1. The molecule has 0 aliphatic carbocycles. The van der Waals surface area contributed by atoms with Crippen molar-refractivity contribution >= 4 is 38.9 Å². The summed E-state index contributed by atoms with van der Waals surface area (Å²) in [5, 5.41) is 0.606. The van der Waals surface area contributed by atoms with Gasteiger partial charge in [-0.2, -0.15) is 0 Å². The molecular formula is C8H9Cl2NO2S. The molecule has 0 aliphatic heterocycles. The molecule has 1 N–H and O–H groups in total. The first-order valence-corrected chi connectivity index (χ1v) is 6.38. The summed E-state index contributed by atoms with van der Waals surface area (Å²) in [4.78, 5) is 0. The Morgan fingerprint density at radius 1 is 1.29 bits per heavy atom. The molecule has 14 heavy (non-hydrogen) atoms. The van der Waals surface area contributed by atoms with Crippen molar-refractivity contribution in [1.29, 1.82) is 0 Å². The average molecular weight is 254 g/mol. The molecule has 0 bridgehead atoms. The highest BCUT2D eigenvalue weighted by atomic mass is 35.5. The van der Waals surface area contributed by atoms with Gasteiger partial charge in [-0.15, -0.1) is 0 Å². The minimum absolute atomic E-state index is 0.232. The summed E-state index contributed by atoms with van der Waals surface area (Å²) in [5.74, 6) is 0. The highest BCUT2D eigenvalue weighted by Crippen LogP contribution is 2.33. The average Bonchev–Trinajstić information content (AvgIpc) is 2.04. The van der Waals surface area contributed by atoms with Crippen LogP contribution in [0.3, 0.4) is 0 Å². The van der Waals surface area contributed by atoms with Crippen molar-refractivity contribution in [3.05, 3.63) is 27.7 Å². The van der Waals surface area contributed by atoms with Gasteiger partial charge < -0.3 is 0 Å². The van der Waals surface area contributed by atoms with Crippen molar-refractivity contribution in [2.45, 2.75) is 6.92 Å². The molecule has 0 atom stereocenters. The van der Waals surface area contributed by atoms with E-state index in [1.54, 1.807) is 19.1 Å². The molecule has 0 heterocycles. The van der Waals surface area contributed by atoms with E-state index in [1.165, 1.54) is 0 Å². The lowest BCUT2D eigenvalue weighted by atomic mass is 10.2. The second kappa shape index (κ2) is 3.96. The number of benzene rings is 1. The molecule has 3 nitrogen and oxygen atoms in total. The second-order valence-corrected chi connectivity index (χ2v) is 5.46. The molecule has 1 rings (SSSR count). The first-order valence-electron chi connectivity index (χ1n) is 3.73. The quantitative estimate of drug-likeness (QED) is 0.881. The highest BCUT2D eigenvalue weighted by Gasteiger charge is 2.11. The Hall–Kier alpha value is -0.450. The van der Waals surface area contributed by atoms with Crippen LogP contribution in [0.5, 0.6) is 0 Å². The van der Waals surface area contributed by atoms with Gasteiger partial charge in [0.15, 0.2) is 0 Å². The molecule has 0 unspecified atom stereocenters. The van der Waals surface area contributed by atoms with Crippen molar-refractivity contribution in [2.75, 3.05) is 11.0 Å². The van der Waals surface area contributed by atoms with Crippen LogP contribution in [0.25, 0.3) is 0 Å². The summed E-state index contributed by atoms with van der Waals surface area (Å²) < 4.78 is 24.2. The van der Waals surface area contributed by atoms with E-state index in [2.05, 4.69) is 4.72 Å². The van der Waals surface area contributed by atoms with E-state index >= 15 is 0 Å². The Kier molecular flexibility index (Phi) is 3.29. The molecule has 0 spiro atoms. The third-order valence-corrected chi connectivity index (χ3v) is 2.95. The van der Waals surface area contributed by atoms with E-state index in [-0.39, 0.29) is 10.7 Å². The molecule has 1 aromatic carbocycles. The van der Waals surface area contributed by atoms with Crippen LogP contribution in [0.2, 0.25) is 10.0 Å². The zero-order chi connectivity index (χ0) is 10.9. The van der Waals surface area contributed by atoms with Gasteiger partial charge >= 0.3 is 0 Å². The highest BCUT2D eigenvalue weighted by molar-refractivity contribution is 7.92. The number of anilines is 1. The summed E-state index contributed by atoms with van der Waals surface area (Å²) in [6, 6.07) is 3.31. The molecule has 0 aliphatic rings. The molecule has 0 radical (unpaired) electrons. The monoisotopic (exact) mass is 253 g/mol. The molecule has 0 saturated heterocycles. The Morgan fingerprint density at radius 2 is 1.86 bits per heavy atom. The number of hydrogen-bond acceptors (Lipinski definition) is 2. The van der Waals surface area contributed by atoms with E-state index in [4.69, 9.17) is 23.2 Å². The van der Waals surface area contributed by atoms with Gasteiger partial charge in [0.25, 0.3) is 0 Å². The van der Waals surface area contributed by atoms with Gasteiger partial charge in [-0.05, 0) is 18.6 Å². The summed E-state index contributed by atoms with van der Waals surface area (Å²) in [6.45, 7) is 1.77. The number of rotatable bonds is 2. The predicted molar refractivity (Wildman–Crippen MR) is 59.7 cm³/mol. The van der Waals surface area contributed by atoms with Gasteiger partial charge in [0.05, 0.1) is 22.0 Å². The molecule has 0 aromatic heterocycles. The Bertz CT molecular complexity index is 457. The van der Waals surface area contributed by atoms with E-state index in [0.29, 0.717) is 5.02 Å². The van der Waals surface area contributed by atoms with Gasteiger partial charge in [-0.3, -0.25) is 4.72 Å². The topological polar surface area (TPSA) is 46.2 Å². The molecule has 78 valence electrons. The van der Waals surface area contributed by atoms with Crippen LogP contribution in [0.4, 0.5) is 5.69 Å². The maximum absolute atomic E-state index is 11.0. The lowest BCUT2D eigenvalue weighted by molar-refractivity contribution is 0.607. The van der Waals surface area contributed by atoms with Crippen LogP contribution >= 0.6 is 23.2 Å². The largest absolute Gasteiger partial charge is 0.281 e. The molecular weight excluding hydrogens is 245 g/mol. The van der Waals surface area contributed by atoms with Gasteiger partial charge in [-0.25, -0.2) is 8.42 Å². The van der Waals surface area contributed by atoms with Crippen LogP contribution in [0, 0.1) is 6.92 Å². The van der Waals surface area contributed by atoms with Crippen molar-refractivity contribution in [3.63, 3.8) is 0 Å². The van der Waals surface area contributed by atoms with Gasteiger partial charge in [0, 0.05) is 0 Å².